The monoisotopic (exact) mass is 439 g/mol. The maximum atomic E-state index is 13.7. The van der Waals surface area contributed by atoms with Gasteiger partial charge in [-0.05, 0) is 68.4 Å². The van der Waals surface area contributed by atoms with E-state index in [0.717, 1.165) is 29.9 Å². The number of anilines is 1. The molecule has 3 aromatic rings. The first-order chi connectivity index (χ1) is 13.5. The van der Waals surface area contributed by atoms with Gasteiger partial charge in [-0.2, -0.15) is 0 Å². The van der Waals surface area contributed by atoms with Gasteiger partial charge >= 0.3 is 0 Å². The number of rotatable bonds is 5. The Labute approximate surface area is 175 Å². The molecule has 2 heterocycles. The summed E-state index contributed by atoms with van der Waals surface area (Å²) in [5, 5.41) is 7.37. The standard InChI is InChI=1S/C20H22FN3O3S.ClH/c1-27-20-5-4-17(13-18(20)23-16-6-9-22-10-7-16)28(25,26)24-11-8-14-2-3-15(21)12-19(14)24;/h2-5,8,11-13,16,22-23H,6-7,9-10H2,1H3;1H. The normalized spacial score (nSPS) is 15.1. The van der Waals surface area contributed by atoms with Crippen LogP contribution in [-0.2, 0) is 10.0 Å². The van der Waals surface area contributed by atoms with E-state index in [-0.39, 0.29) is 23.3 Å². The van der Waals surface area contributed by atoms with E-state index in [1.807, 2.05) is 0 Å². The van der Waals surface area contributed by atoms with Gasteiger partial charge in [-0.25, -0.2) is 16.8 Å². The van der Waals surface area contributed by atoms with E-state index in [1.165, 1.54) is 24.4 Å². The molecule has 9 heteroatoms. The Bertz CT molecular complexity index is 1110. The highest BCUT2D eigenvalue weighted by Crippen LogP contribution is 2.31. The summed E-state index contributed by atoms with van der Waals surface area (Å²) in [6, 6.07) is 10.7. The van der Waals surface area contributed by atoms with Gasteiger partial charge in [-0.15, -0.1) is 12.4 Å². The number of nitrogens with one attached hydrogen (secondary N) is 2. The Morgan fingerprint density at radius 2 is 1.90 bits per heavy atom. The Balaban J connectivity index is 0.00000240. The highest BCUT2D eigenvalue weighted by atomic mass is 35.5. The molecule has 0 unspecified atom stereocenters. The van der Waals surface area contributed by atoms with Crippen LogP contribution in [0.3, 0.4) is 0 Å². The SMILES string of the molecule is COc1ccc(S(=O)(=O)n2ccc3ccc(F)cc32)cc1NC1CCNCC1.Cl. The zero-order chi connectivity index (χ0) is 19.7. The van der Waals surface area contributed by atoms with Crippen molar-refractivity contribution in [2.75, 3.05) is 25.5 Å². The number of benzene rings is 2. The van der Waals surface area contributed by atoms with Crippen molar-refractivity contribution in [3.63, 3.8) is 0 Å². The molecule has 156 valence electrons. The third-order valence-corrected chi connectivity index (χ3v) is 6.73. The Morgan fingerprint density at radius 1 is 1.14 bits per heavy atom. The van der Waals surface area contributed by atoms with Crippen molar-refractivity contribution in [1.82, 2.24) is 9.29 Å². The number of hydrogen-bond donors (Lipinski definition) is 2. The summed E-state index contributed by atoms with van der Waals surface area (Å²) in [6.45, 7) is 1.83. The zero-order valence-corrected chi connectivity index (χ0v) is 17.5. The average Bonchev–Trinajstić information content (AvgIpc) is 3.12. The highest BCUT2D eigenvalue weighted by Gasteiger charge is 2.22. The molecule has 1 fully saturated rings. The van der Waals surface area contributed by atoms with E-state index in [1.54, 1.807) is 31.4 Å². The number of piperidine rings is 1. The van der Waals surface area contributed by atoms with E-state index in [4.69, 9.17) is 4.74 Å². The third kappa shape index (κ3) is 4.19. The molecule has 0 saturated carbocycles. The number of hydrogen-bond acceptors (Lipinski definition) is 5. The van der Waals surface area contributed by atoms with Crippen LogP contribution in [0.4, 0.5) is 10.1 Å². The first-order valence-corrected chi connectivity index (χ1v) is 10.6. The van der Waals surface area contributed by atoms with E-state index in [2.05, 4.69) is 10.6 Å². The summed E-state index contributed by atoms with van der Waals surface area (Å²) in [5.41, 5.74) is 0.946. The third-order valence-electron chi connectivity index (χ3n) is 5.05. The van der Waals surface area contributed by atoms with E-state index >= 15 is 0 Å². The second-order valence-corrected chi connectivity index (χ2v) is 8.67. The molecule has 0 aliphatic carbocycles. The van der Waals surface area contributed by atoms with Gasteiger partial charge in [-0.3, -0.25) is 0 Å². The van der Waals surface area contributed by atoms with Gasteiger partial charge < -0.3 is 15.4 Å². The molecule has 2 N–H and O–H groups in total. The number of halogens is 2. The van der Waals surface area contributed by atoms with Crippen molar-refractivity contribution >= 4 is 39.0 Å². The minimum Gasteiger partial charge on any atom is -0.495 e. The van der Waals surface area contributed by atoms with Gasteiger partial charge in [0, 0.05) is 17.6 Å². The van der Waals surface area contributed by atoms with Gasteiger partial charge in [0.25, 0.3) is 10.0 Å². The summed E-state index contributed by atoms with van der Waals surface area (Å²) in [7, 11) is -2.33. The van der Waals surface area contributed by atoms with E-state index in [9.17, 15) is 12.8 Å². The van der Waals surface area contributed by atoms with Crippen LogP contribution in [0.1, 0.15) is 12.8 Å². The molecule has 0 spiro atoms. The van der Waals surface area contributed by atoms with Gasteiger partial charge in [0.05, 0.1) is 23.2 Å². The Hall–Kier alpha value is -2.29. The number of ether oxygens (including phenoxy) is 1. The number of fused-ring (bicyclic) bond motifs is 1. The van der Waals surface area contributed by atoms with Crippen LogP contribution < -0.4 is 15.4 Å². The summed E-state index contributed by atoms with van der Waals surface area (Å²) in [5.74, 6) is 0.103. The molecule has 1 saturated heterocycles. The molecule has 1 aliphatic rings. The van der Waals surface area contributed by atoms with Crippen molar-refractivity contribution in [3.05, 3.63) is 54.5 Å². The second kappa shape index (κ2) is 8.61. The van der Waals surface area contributed by atoms with Crippen molar-refractivity contribution < 1.29 is 17.5 Å². The highest BCUT2D eigenvalue weighted by molar-refractivity contribution is 7.90. The summed E-state index contributed by atoms with van der Waals surface area (Å²) >= 11 is 0. The van der Waals surface area contributed by atoms with Crippen LogP contribution in [-0.4, -0.2) is 38.6 Å². The largest absolute Gasteiger partial charge is 0.495 e. The molecule has 0 atom stereocenters. The maximum absolute atomic E-state index is 13.7. The van der Waals surface area contributed by atoms with Crippen LogP contribution in [0.25, 0.3) is 10.9 Å². The molecule has 6 nitrogen and oxygen atoms in total. The molecule has 0 radical (unpaired) electrons. The molecule has 29 heavy (non-hydrogen) atoms. The molecule has 0 bridgehead atoms. The lowest BCUT2D eigenvalue weighted by Gasteiger charge is -2.25. The first kappa shape index (κ1) is 21.4. The van der Waals surface area contributed by atoms with Gasteiger partial charge in [0.1, 0.15) is 11.6 Å². The van der Waals surface area contributed by atoms with Crippen LogP contribution in [0.15, 0.2) is 53.6 Å². The first-order valence-electron chi connectivity index (χ1n) is 9.16. The zero-order valence-electron chi connectivity index (χ0n) is 15.9. The number of methoxy groups -OCH3 is 1. The summed E-state index contributed by atoms with van der Waals surface area (Å²) < 4.78 is 46.6. The Kier molecular flexibility index (Phi) is 6.36. The topological polar surface area (TPSA) is 72.4 Å². The molecule has 1 aliphatic heterocycles. The average molecular weight is 440 g/mol. The van der Waals surface area contributed by atoms with Gasteiger partial charge in [-0.1, -0.05) is 0 Å². The molecular weight excluding hydrogens is 417 g/mol. The second-order valence-electron chi connectivity index (χ2n) is 6.85. The van der Waals surface area contributed by atoms with Crippen LogP contribution in [0.5, 0.6) is 5.75 Å². The molecule has 0 amide bonds. The maximum Gasteiger partial charge on any atom is 0.268 e. The fraction of sp³-hybridized carbons (Fsp3) is 0.300. The van der Waals surface area contributed by atoms with Gasteiger partial charge in [0.2, 0.25) is 0 Å². The smallest absolute Gasteiger partial charge is 0.268 e. The van der Waals surface area contributed by atoms with Crippen molar-refractivity contribution in [3.8, 4) is 5.75 Å². The van der Waals surface area contributed by atoms with Gasteiger partial charge in [0.15, 0.2) is 0 Å². The van der Waals surface area contributed by atoms with Crippen LogP contribution in [0.2, 0.25) is 0 Å². The predicted molar refractivity (Wildman–Crippen MR) is 114 cm³/mol. The summed E-state index contributed by atoms with van der Waals surface area (Å²) in [4.78, 5) is 0.117. The van der Waals surface area contributed by atoms with E-state index < -0.39 is 15.8 Å². The minimum absolute atomic E-state index is 0. The van der Waals surface area contributed by atoms with Crippen LogP contribution in [0, 0.1) is 5.82 Å². The minimum atomic E-state index is -3.89. The molecule has 2 aromatic carbocycles. The van der Waals surface area contributed by atoms with Crippen molar-refractivity contribution in [2.45, 2.75) is 23.8 Å². The van der Waals surface area contributed by atoms with Crippen molar-refractivity contribution in [1.29, 1.82) is 0 Å². The lowest BCUT2D eigenvalue weighted by molar-refractivity contribution is 0.413. The van der Waals surface area contributed by atoms with Crippen molar-refractivity contribution in [2.24, 2.45) is 0 Å². The lowest BCUT2D eigenvalue weighted by atomic mass is 10.1. The number of aromatic nitrogens is 1. The molecule has 1 aromatic heterocycles. The Morgan fingerprint density at radius 3 is 2.62 bits per heavy atom. The molecular formula is C20H23ClFN3O3S. The predicted octanol–water partition coefficient (Wildman–Crippen LogP) is 3.61. The molecule has 4 rings (SSSR count). The number of nitrogens with zero attached hydrogens (tertiary/aromatic N) is 1. The van der Waals surface area contributed by atoms with E-state index in [0.29, 0.717) is 22.3 Å². The fourth-order valence-electron chi connectivity index (χ4n) is 3.55. The summed E-state index contributed by atoms with van der Waals surface area (Å²) in [6.07, 6.45) is 3.34. The van der Waals surface area contributed by atoms with Crippen LogP contribution >= 0.6 is 12.4 Å². The fourth-order valence-corrected chi connectivity index (χ4v) is 4.92. The lowest BCUT2D eigenvalue weighted by Crippen LogP contribution is -2.35. The quantitative estimate of drug-likeness (QED) is 0.635.